The number of rotatable bonds is 4. The number of aryl methyl sites for hydroxylation is 2. The van der Waals surface area contributed by atoms with Crippen LogP contribution in [0.5, 0.6) is 0 Å². The summed E-state index contributed by atoms with van der Waals surface area (Å²) in [6.07, 6.45) is 5.29. The van der Waals surface area contributed by atoms with E-state index < -0.39 is 0 Å². The van der Waals surface area contributed by atoms with E-state index in [-0.39, 0.29) is 23.6 Å². The number of carbonyl (C=O) groups excluding carboxylic acids is 1. The number of fused-ring (bicyclic) bond motifs is 3. The number of benzene rings is 1. The number of nitrogens with zero attached hydrogens (tertiary/aromatic N) is 6. The highest BCUT2D eigenvalue weighted by Crippen LogP contribution is 2.30. The molecule has 10 heteroatoms. The van der Waals surface area contributed by atoms with Crippen LogP contribution in [0.25, 0.3) is 21.8 Å². The van der Waals surface area contributed by atoms with Gasteiger partial charge in [-0.15, -0.1) is 0 Å². The van der Waals surface area contributed by atoms with Crippen LogP contribution in [0.3, 0.4) is 0 Å². The van der Waals surface area contributed by atoms with Crippen LogP contribution in [0.4, 0.5) is 0 Å². The standard InChI is InChI=1S/C28H35N7O3/c1-17-11-25-23(26-24(27(36)31-25)14-30-35(26)21-5-9-38-10-6-21)12-22(17)28(37)34-8-7-33(18(2)15-34)16-20-13-29-32(4)19(20)3/h11-14,18,21H,5-10,15-16H2,1-4H3,(H,31,36)/t18-/m0/s1. The van der Waals surface area contributed by atoms with Crippen LogP contribution in [0, 0.1) is 13.8 Å². The number of pyridine rings is 1. The molecule has 2 fully saturated rings. The predicted molar refractivity (Wildman–Crippen MR) is 145 cm³/mol. The smallest absolute Gasteiger partial charge is 0.259 e. The molecule has 2 aliphatic rings. The van der Waals surface area contributed by atoms with Crippen molar-refractivity contribution in [3.63, 3.8) is 0 Å². The maximum absolute atomic E-state index is 13.8. The fraction of sp³-hybridized carbons (Fsp3) is 0.500. The van der Waals surface area contributed by atoms with E-state index in [1.54, 1.807) is 6.20 Å². The first-order valence-corrected chi connectivity index (χ1v) is 13.4. The van der Waals surface area contributed by atoms with Gasteiger partial charge in [0.2, 0.25) is 0 Å². The van der Waals surface area contributed by atoms with E-state index >= 15 is 0 Å². The molecule has 10 nitrogen and oxygen atoms in total. The van der Waals surface area contributed by atoms with E-state index in [0.29, 0.717) is 37.3 Å². The van der Waals surface area contributed by atoms with Crippen LogP contribution < -0.4 is 5.56 Å². The van der Waals surface area contributed by atoms with Crippen LogP contribution in [0.15, 0.2) is 29.3 Å². The molecule has 1 N–H and O–H groups in total. The Kier molecular flexibility index (Phi) is 6.31. The van der Waals surface area contributed by atoms with Crippen LogP contribution in [-0.2, 0) is 18.3 Å². The van der Waals surface area contributed by atoms with Gasteiger partial charge in [-0.2, -0.15) is 10.2 Å². The molecule has 1 atom stereocenters. The van der Waals surface area contributed by atoms with Crippen molar-refractivity contribution >= 4 is 27.7 Å². The van der Waals surface area contributed by atoms with Crippen LogP contribution in [0.1, 0.15) is 53.0 Å². The first-order chi connectivity index (χ1) is 18.3. The summed E-state index contributed by atoms with van der Waals surface area (Å²) in [5, 5.41) is 10.4. The van der Waals surface area contributed by atoms with Crippen LogP contribution in [0.2, 0.25) is 0 Å². The summed E-state index contributed by atoms with van der Waals surface area (Å²) >= 11 is 0. The van der Waals surface area contributed by atoms with Gasteiger partial charge >= 0.3 is 0 Å². The summed E-state index contributed by atoms with van der Waals surface area (Å²) in [5.41, 5.74) is 5.31. The number of aromatic amines is 1. The zero-order valence-electron chi connectivity index (χ0n) is 22.5. The molecule has 0 spiro atoms. The number of ether oxygens (including phenoxy) is 1. The van der Waals surface area contributed by atoms with Gasteiger partial charge in [0, 0.05) is 74.7 Å². The number of hydrogen-bond acceptors (Lipinski definition) is 6. The fourth-order valence-electron chi connectivity index (χ4n) is 5.93. The van der Waals surface area contributed by atoms with Crippen molar-refractivity contribution in [2.75, 3.05) is 32.8 Å². The quantitative estimate of drug-likeness (QED) is 0.447. The molecule has 2 saturated heterocycles. The Morgan fingerprint density at radius 3 is 2.61 bits per heavy atom. The van der Waals surface area contributed by atoms with Crippen LogP contribution >= 0.6 is 0 Å². The molecule has 2 aliphatic heterocycles. The topological polar surface area (TPSA) is 101 Å². The Morgan fingerprint density at radius 1 is 1.11 bits per heavy atom. The monoisotopic (exact) mass is 517 g/mol. The highest BCUT2D eigenvalue weighted by Gasteiger charge is 2.29. The highest BCUT2D eigenvalue weighted by atomic mass is 16.5. The van der Waals surface area contributed by atoms with Gasteiger partial charge < -0.3 is 14.6 Å². The SMILES string of the molecule is Cc1cc2[nH]c(=O)c3cnn(C4CCOCC4)c3c2cc1C(=O)N1CCN(Cc2cnn(C)c2C)[C@@H](C)C1. The maximum atomic E-state index is 13.8. The molecule has 38 heavy (non-hydrogen) atoms. The first kappa shape index (κ1) is 24.8. The average molecular weight is 518 g/mol. The third-order valence-electron chi connectivity index (χ3n) is 8.44. The summed E-state index contributed by atoms with van der Waals surface area (Å²) in [4.78, 5) is 34.1. The lowest BCUT2D eigenvalue weighted by atomic mass is 10.0. The van der Waals surface area contributed by atoms with Gasteiger partial charge in [0.1, 0.15) is 0 Å². The number of aromatic nitrogens is 5. The van der Waals surface area contributed by atoms with Crippen LogP contribution in [-0.4, -0.2) is 79.1 Å². The second-order valence-corrected chi connectivity index (χ2v) is 10.8. The van der Waals surface area contributed by atoms with Gasteiger partial charge in [0.15, 0.2) is 0 Å². The van der Waals surface area contributed by atoms with Gasteiger partial charge in [-0.05, 0) is 51.3 Å². The number of amides is 1. The average Bonchev–Trinajstić information content (AvgIpc) is 3.50. The Labute approximate surface area is 221 Å². The van der Waals surface area contributed by atoms with Crippen molar-refractivity contribution in [2.24, 2.45) is 7.05 Å². The molecule has 200 valence electrons. The lowest BCUT2D eigenvalue weighted by Crippen LogP contribution is -2.53. The lowest BCUT2D eigenvalue weighted by molar-refractivity contribution is 0.0494. The summed E-state index contributed by atoms with van der Waals surface area (Å²) in [5.74, 6) is 0.0324. The number of carbonyl (C=O) groups is 1. The normalized spacial score (nSPS) is 19.6. The Hall–Kier alpha value is -3.50. The van der Waals surface area contributed by atoms with Crippen molar-refractivity contribution in [3.05, 3.63) is 57.3 Å². The molecule has 0 unspecified atom stereocenters. The molecule has 6 rings (SSSR count). The van der Waals surface area contributed by atoms with E-state index in [9.17, 15) is 9.59 Å². The van der Waals surface area contributed by atoms with E-state index in [1.165, 1.54) is 11.3 Å². The zero-order chi connectivity index (χ0) is 26.6. The molecule has 0 aliphatic carbocycles. The largest absolute Gasteiger partial charge is 0.381 e. The summed E-state index contributed by atoms with van der Waals surface area (Å²) in [7, 11) is 1.96. The number of H-pyrrole nitrogens is 1. The van der Waals surface area contributed by atoms with E-state index in [4.69, 9.17) is 4.74 Å². The summed E-state index contributed by atoms with van der Waals surface area (Å²) < 4.78 is 9.42. The Bertz CT molecular complexity index is 1580. The minimum Gasteiger partial charge on any atom is -0.381 e. The van der Waals surface area contributed by atoms with E-state index in [1.807, 2.05) is 46.6 Å². The highest BCUT2D eigenvalue weighted by molar-refractivity contribution is 6.07. The van der Waals surface area contributed by atoms with Crippen molar-refractivity contribution in [2.45, 2.75) is 52.2 Å². The van der Waals surface area contributed by atoms with Gasteiger partial charge in [0.25, 0.3) is 11.5 Å². The van der Waals surface area contributed by atoms with Crippen molar-refractivity contribution in [1.82, 2.24) is 34.3 Å². The first-order valence-electron chi connectivity index (χ1n) is 13.4. The molecule has 1 aromatic carbocycles. The lowest BCUT2D eigenvalue weighted by Gasteiger charge is -2.40. The second kappa shape index (κ2) is 9.67. The third kappa shape index (κ3) is 4.21. The molecule has 4 aromatic rings. The van der Waals surface area contributed by atoms with Gasteiger partial charge in [0.05, 0.1) is 34.9 Å². The van der Waals surface area contributed by atoms with Gasteiger partial charge in [-0.3, -0.25) is 23.9 Å². The van der Waals surface area contributed by atoms with Crippen molar-refractivity contribution in [3.8, 4) is 0 Å². The van der Waals surface area contributed by atoms with Crippen molar-refractivity contribution in [1.29, 1.82) is 0 Å². The molecule has 0 bridgehead atoms. The van der Waals surface area contributed by atoms with E-state index in [2.05, 4.69) is 33.9 Å². The summed E-state index contributed by atoms with van der Waals surface area (Å²) in [6.45, 7) is 10.5. The second-order valence-electron chi connectivity index (χ2n) is 10.8. The molecule has 0 radical (unpaired) electrons. The van der Waals surface area contributed by atoms with Gasteiger partial charge in [-0.1, -0.05) is 0 Å². The number of nitrogens with one attached hydrogen (secondary N) is 1. The number of piperazine rings is 1. The molecular weight excluding hydrogens is 482 g/mol. The fourth-order valence-corrected chi connectivity index (χ4v) is 5.93. The molecular formula is C28H35N7O3. The minimum absolute atomic E-state index is 0.0324. The molecule has 3 aromatic heterocycles. The molecule has 5 heterocycles. The number of hydrogen-bond donors (Lipinski definition) is 1. The third-order valence-corrected chi connectivity index (χ3v) is 8.44. The zero-order valence-corrected chi connectivity index (χ0v) is 22.5. The van der Waals surface area contributed by atoms with Gasteiger partial charge in [-0.25, -0.2) is 0 Å². The summed E-state index contributed by atoms with van der Waals surface area (Å²) in [6, 6.07) is 4.28. The Morgan fingerprint density at radius 2 is 1.89 bits per heavy atom. The van der Waals surface area contributed by atoms with Crippen molar-refractivity contribution < 1.29 is 9.53 Å². The maximum Gasteiger partial charge on any atom is 0.259 e. The Balaban J connectivity index is 1.31. The predicted octanol–water partition coefficient (Wildman–Crippen LogP) is 2.93. The van der Waals surface area contributed by atoms with E-state index in [0.717, 1.165) is 47.9 Å². The minimum atomic E-state index is -0.155. The molecule has 0 saturated carbocycles. The molecule has 1 amide bonds.